The zero-order chi connectivity index (χ0) is 28.0. The summed E-state index contributed by atoms with van der Waals surface area (Å²) in [5, 5.41) is 0. The van der Waals surface area contributed by atoms with E-state index in [0.717, 1.165) is 4.48 Å². The summed E-state index contributed by atoms with van der Waals surface area (Å²) in [5.41, 5.74) is 3.58. The van der Waals surface area contributed by atoms with Gasteiger partial charge in [-0.2, -0.15) is 0 Å². The van der Waals surface area contributed by atoms with Gasteiger partial charge in [0.1, 0.15) is 5.54 Å². The van der Waals surface area contributed by atoms with Crippen LogP contribution in [-0.4, -0.2) is 25.1 Å². The van der Waals surface area contributed by atoms with Crippen molar-refractivity contribution in [1.29, 1.82) is 0 Å². The summed E-state index contributed by atoms with van der Waals surface area (Å²) >= 11 is 0. The van der Waals surface area contributed by atoms with Gasteiger partial charge in [-0.3, -0.25) is 0 Å². The first-order chi connectivity index (χ1) is 18.5. The quantitative estimate of drug-likeness (QED) is 0.0774. The third kappa shape index (κ3) is 14.8. The normalized spacial score (nSPS) is 12.1. The molecule has 0 atom stereocenters. The number of halogens is 1. The van der Waals surface area contributed by atoms with Gasteiger partial charge >= 0.3 is 0 Å². The standard InChI is InChI=1S/C37H70N.ClH/c1-7-11-15-16-17-18-19-20-21-22-23-24-25-28-34-38(5,6)37(32-13-9-3,33-14-10-4)36-31-27-26-30-35(36)29-12-8-2;/h26-27,30-31H,7-25,28-29,32-34H2,1-6H3;1H/q+1;. The molecule has 0 saturated heterocycles. The maximum atomic E-state index is 2.57. The van der Waals surface area contributed by atoms with Crippen LogP contribution < -0.4 is 0 Å². The molecule has 0 spiro atoms. The molecule has 0 fully saturated rings. The SMILES string of the molecule is CCCCCCCCCCCCCCCC[N+](C)(C)C(CCCC)(CCCC)c1ccccc1CCCC.Cl. The molecule has 0 unspecified atom stereocenters. The second kappa shape index (κ2) is 24.1. The first-order valence-electron chi connectivity index (χ1n) is 17.4. The van der Waals surface area contributed by atoms with Crippen LogP contribution in [0.4, 0.5) is 0 Å². The van der Waals surface area contributed by atoms with Gasteiger partial charge in [0.25, 0.3) is 0 Å². The third-order valence-electron chi connectivity index (χ3n) is 9.44. The van der Waals surface area contributed by atoms with Crippen molar-refractivity contribution in [3.05, 3.63) is 35.4 Å². The summed E-state index contributed by atoms with van der Waals surface area (Å²) in [4.78, 5) is 0. The van der Waals surface area contributed by atoms with E-state index in [1.807, 2.05) is 0 Å². The molecule has 0 aromatic heterocycles. The zero-order valence-electron chi connectivity index (χ0n) is 27.6. The number of aryl methyl sites for hydroxylation is 1. The van der Waals surface area contributed by atoms with Crippen LogP contribution in [0.3, 0.4) is 0 Å². The van der Waals surface area contributed by atoms with Gasteiger partial charge in [0, 0.05) is 18.4 Å². The molecule has 2 heteroatoms. The predicted octanol–water partition coefficient (Wildman–Crippen LogP) is 12.6. The second-order valence-electron chi connectivity index (χ2n) is 13.0. The number of hydrogen-bond acceptors (Lipinski definition) is 0. The van der Waals surface area contributed by atoms with Gasteiger partial charge in [-0.15, -0.1) is 12.4 Å². The Morgan fingerprint density at radius 3 is 1.38 bits per heavy atom. The maximum absolute atomic E-state index is 2.57. The summed E-state index contributed by atoms with van der Waals surface area (Å²) in [5.74, 6) is 0. The fourth-order valence-corrected chi connectivity index (χ4v) is 6.74. The van der Waals surface area contributed by atoms with Crippen LogP contribution >= 0.6 is 12.4 Å². The Morgan fingerprint density at radius 1 is 0.513 bits per heavy atom. The molecule has 0 N–H and O–H groups in total. The fraction of sp³-hybridized carbons (Fsp3) is 0.838. The van der Waals surface area contributed by atoms with E-state index < -0.39 is 0 Å². The highest BCUT2D eigenvalue weighted by Crippen LogP contribution is 2.44. The van der Waals surface area contributed by atoms with Gasteiger partial charge < -0.3 is 4.48 Å². The highest BCUT2D eigenvalue weighted by atomic mass is 35.5. The molecule has 0 aliphatic carbocycles. The topological polar surface area (TPSA) is 0 Å². The molecule has 39 heavy (non-hydrogen) atoms. The van der Waals surface area contributed by atoms with Crippen molar-refractivity contribution in [2.45, 2.75) is 181 Å². The molecular formula is C37H71ClN+. The average Bonchev–Trinajstić information content (AvgIpc) is 2.92. The molecule has 1 rings (SSSR count). The lowest BCUT2D eigenvalue weighted by molar-refractivity contribution is -0.951. The van der Waals surface area contributed by atoms with E-state index in [-0.39, 0.29) is 17.9 Å². The van der Waals surface area contributed by atoms with Crippen LogP contribution in [0.5, 0.6) is 0 Å². The van der Waals surface area contributed by atoms with Gasteiger partial charge in [0.15, 0.2) is 0 Å². The minimum Gasteiger partial charge on any atom is -0.320 e. The molecule has 0 heterocycles. The van der Waals surface area contributed by atoms with Crippen LogP contribution in [0.25, 0.3) is 0 Å². The largest absolute Gasteiger partial charge is 0.320 e. The van der Waals surface area contributed by atoms with Gasteiger partial charge in [0.05, 0.1) is 20.6 Å². The average molecular weight is 565 g/mol. The lowest BCUT2D eigenvalue weighted by Crippen LogP contribution is -2.58. The van der Waals surface area contributed by atoms with Gasteiger partial charge in [-0.25, -0.2) is 0 Å². The van der Waals surface area contributed by atoms with Gasteiger partial charge in [0.2, 0.25) is 0 Å². The number of unbranched alkanes of at least 4 members (excludes halogenated alkanes) is 16. The third-order valence-corrected chi connectivity index (χ3v) is 9.44. The molecule has 1 aromatic carbocycles. The van der Waals surface area contributed by atoms with Crippen LogP contribution in [0.2, 0.25) is 0 Å². The first-order valence-corrected chi connectivity index (χ1v) is 17.4. The van der Waals surface area contributed by atoms with Crippen LogP contribution in [-0.2, 0) is 12.0 Å². The van der Waals surface area contributed by atoms with Crippen molar-refractivity contribution in [2.24, 2.45) is 0 Å². The summed E-state index contributed by atoms with van der Waals surface area (Å²) in [6.45, 7) is 10.7. The minimum atomic E-state index is 0. The van der Waals surface area contributed by atoms with Crippen LogP contribution in [0, 0.1) is 0 Å². The number of quaternary nitrogens is 1. The molecule has 1 nitrogen and oxygen atoms in total. The van der Waals surface area contributed by atoms with E-state index in [4.69, 9.17) is 0 Å². The smallest absolute Gasteiger partial charge is 0.125 e. The highest BCUT2D eigenvalue weighted by molar-refractivity contribution is 5.85. The Morgan fingerprint density at radius 2 is 0.923 bits per heavy atom. The predicted molar refractivity (Wildman–Crippen MR) is 180 cm³/mol. The summed E-state index contributed by atoms with van der Waals surface area (Å²) in [6.07, 6.45) is 31.9. The Hall–Kier alpha value is -0.530. The molecule has 1 aromatic rings. The molecule has 0 radical (unpaired) electrons. The Bertz CT molecular complexity index is 659. The molecule has 0 saturated carbocycles. The zero-order valence-corrected chi connectivity index (χ0v) is 28.5. The summed E-state index contributed by atoms with van der Waals surface area (Å²) in [6, 6.07) is 9.57. The van der Waals surface area contributed by atoms with Crippen molar-refractivity contribution in [1.82, 2.24) is 0 Å². The van der Waals surface area contributed by atoms with Crippen LogP contribution in [0.15, 0.2) is 24.3 Å². The number of hydrogen-bond donors (Lipinski definition) is 0. The van der Waals surface area contributed by atoms with E-state index in [1.165, 1.54) is 154 Å². The molecule has 230 valence electrons. The van der Waals surface area contributed by atoms with Gasteiger partial charge in [-0.05, 0) is 44.1 Å². The van der Waals surface area contributed by atoms with Crippen molar-refractivity contribution in [3.63, 3.8) is 0 Å². The Labute approximate surface area is 253 Å². The molecular weight excluding hydrogens is 494 g/mol. The maximum Gasteiger partial charge on any atom is 0.125 e. The summed E-state index contributed by atoms with van der Waals surface area (Å²) in [7, 11) is 5.15. The van der Waals surface area contributed by atoms with Crippen molar-refractivity contribution in [2.75, 3.05) is 20.6 Å². The molecule has 0 aliphatic heterocycles. The van der Waals surface area contributed by atoms with Crippen molar-refractivity contribution < 1.29 is 4.48 Å². The number of nitrogens with zero attached hydrogens (tertiary/aromatic N) is 1. The van der Waals surface area contributed by atoms with E-state index in [9.17, 15) is 0 Å². The van der Waals surface area contributed by atoms with Crippen molar-refractivity contribution in [3.8, 4) is 0 Å². The highest BCUT2D eigenvalue weighted by Gasteiger charge is 2.46. The van der Waals surface area contributed by atoms with Gasteiger partial charge in [-0.1, -0.05) is 148 Å². The van der Waals surface area contributed by atoms with E-state index in [1.54, 1.807) is 11.1 Å². The molecule has 0 amide bonds. The lowest BCUT2D eigenvalue weighted by Gasteiger charge is -2.50. The molecule has 0 aliphatic rings. The van der Waals surface area contributed by atoms with E-state index in [2.05, 4.69) is 66.1 Å². The monoisotopic (exact) mass is 565 g/mol. The first kappa shape index (κ1) is 38.5. The van der Waals surface area contributed by atoms with Crippen LogP contribution in [0.1, 0.15) is 180 Å². The van der Waals surface area contributed by atoms with E-state index >= 15 is 0 Å². The van der Waals surface area contributed by atoms with E-state index in [0.29, 0.717) is 0 Å². The second-order valence-corrected chi connectivity index (χ2v) is 13.0. The van der Waals surface area contributed by atoms with Crippen molar-refractivity contribution >= 4 is 12.4 Å². The minimum absolute atomic E-state index is 0. The Balaban J connectivity index is 0.0000144. The summed E-state index contributed by atoms with van der Waals surface area (Å²) < 4.78 is 1.16. The molecule has 0 bridgehead atoms. The Kier molecular flexibility index (Phi) is 23.8. The fourth-order valence-electron chi connectivity index (χ4n) is 6.74. The number of rotatable bonds is 26. The lowest BCUT2D eigenvalue weighted by atomic mass is 9.75. The number of benzene rings is 1.